The Morgan fingerprint density at radius 3 is 2.81 bits per heavy atom. The van der Waals surface area contributed by atoms with Crippen LogP contribution < -0.4 is 5.32 Å². The molecule has 110 valence electrons. The topological polar surface area (TPSA) is 90.1 Å². The molecule has 1 aromatic carbocycles. The molecule has 0 spiro atoms. The molecule has 0 aliphatic heterocycles. The standard InChI is InChI=1S/C13H13IN4O3/c1-8-9(7-16-17(8)2)6-15-13(19)11-5-10(18(20)21)3-4-12(11)14/h3-5,7H,6H2,1-2H3,(H,15,19). The van der Waals surface area contributed by atoms with E-state index in [0.717, 1.165) is 11.3 Å². The summed E-state index contributed by atoms with van der Waals surface area (Å²) in [5.41, 5.74) is 2.07. The Morgan fingerprint density at radius 2 is 2.24 bits per heavy atom. The van der Waals surface area contributed by atoms with Gasteiger partial charge in [0.1, 0.15) is 0 Å². The Hall–Kier alpha value is -1.97. The van der Waals surface area contributed by atoms with E-state index >= 15 is 0 Å². The van der Waals surface area contributed by atoms with Crippen molar-refractivity contribution in [2.45, 2.75) is 13.5 Å². The molecule has 8 heteroatoms. The van der Waals surface area contributed by atoms with E-state index in [9.17, 15) is 14.9 Å². The molecule has 2 rings (SSSR count). The number of carbonyl (C=O) groups is 1. The van der Waals surface area contributed by atoms with Crippen LogP contribution >= 0.6 is 22.6 Å². The van der Waals surface area contributed by atoms with Gasteiger partial charge in [-0.05, 0) is 35.6 Å². The Labute approximate surface area is 134 Å². The van der Waals surface area contributed by atoms with E-state index in [4.69, 9.17) is 0 Å². The first-order valence-corrected chi connectivity index (χ1v) is 7.17. The molecule has 1 N–H and O–H groups in total. The minimum Gasteiger partial charge on any atom is -0.348 e. The molecule has 0 aliphatic carbocycles. The van der Waals surface area contributed by atoms with E-state index < -0.39 is 4.92 Å². The maximum Gasteiger partial charge on any atom is 0.270 e. The zero-order valence-electron chi connectivity index (χ0n) is 11.5. The second-order valence-corrected chi connectivity index (χ2v) is 5.64. The molecule has 1 amide bonds. The molecule has 0 unspecified atom stereocenters. The van der Waals surface area contributed by atoms with Gasteiger partial charge >= 0.3 is 0 Å². The highest BCUT2D eigenvalue weighted by Gasteiger charge is 2.15. The van der Waals surface area contributed by atoms with Gasteiger partial charge in [0, 0.05) is 40.6 Å². The summed E-state index contributed by atoms with van der Waals surface area (Å²) in [6.07, 6.45) is 1.69. The number of carbonyl (C=O) groups excluding carboxylic acids is 1. The van der Waals surface area contributed by atoms with Crippen LogP contribution in [0.25, 0.3) is 0 Å². The van der Waals surface area contributed by atoms with Crippen LogP contribution in [0.2, 0.25) is 0 Å². The first-order chi connectivity index (χ1) is 9.90. The normalized spacial score (nSPS) is 10.4. The summed E-state index contributed by atoms with van der Waals surface area (Å²) in [5.74, 6) is -0.341. The average Bonchev–Trinajstić information content (AvgIpc) is 2.76. The summed E-state index contributed by atoms with van der Waals surface area (Å²) < 4.78 is 2.39. The number of benzene rings is 1. The molecule has 2 aromatic rings. The van der Waals surface area contributed by atoms with Crippen molar-refractivity contribution in [1.29, 1.82) is 0 Å². The molecule has 0 fully saturated rings. The van der Waals surface area contributed by atoms with Crippen LogP contribution in [0.15, 0.2) is 24.4 Å². The van der Waals surface area contributed by atoms with Gasteiger partial charge in [0.25, 0.3) is 11.6 Å². The van der Waals surface area contributed by atoms with Crippen molar-refractivity contribution in [3.63, 3.8) is 0 Å². The number of halogens is 1. The lowest BCUT2D eigenvalue weighted by Crippen LogP contribution is -2.24. The number of nitro groups is 1. The van der Waals surface area contributed by atoms with E-state index in [1.54, 1.807) is 16.9 Å². The fourth-order valence-corrected chi connectivity index (χ4v) is 2.37. The first kappa shape index (κ1) is 15.4. The van der Waals surface area contributed by atoms with Crippen molar-refractivity contribution >= 4 is 34.2 Å². The smallest absolute Gasteiger partial charge is 0.270 e. The van der Waals surface area contributed by atoms with Crippen molar-refractivity contribution in [3.05, 3.63) is 54.9 Å². The number of amides is 1. The highest BCUT2D eigenvalue weighted by molar-refractivity contribution is 14.1. The van der Waals surface area contributed by atoms with Gasteiger partial charge in [-0.1, -0.05) is 0 Å². The van der Waals surface area contributed by atoms with Gasteiger partial charge in [0.15, 0.2) is 0 Å². The molecule has 0 radical (unpaired) electrons. The predicted molar refractivity (Wildman–Crippen MR) is 84.9 cm³/mol. The second-order valence-electron chi connectivity index (χ2n) is 4.48. The molecule has 1 aromatic heterocycles. The third kappa shape index (κ3) is 3.38. The third-order valence-corrected chi connectivity index (χ3v) is 4.12. The molecule has 0 aliphatic rings. The Bertz CT molecular complexity index is 711. The van der Waals surface area contributed by atoms with E-state index in [-0.39, 0.29) is 11.6 Å². The predicted octanol–water partition coefficient (Wildman–Crippen LogP) is 2.17. The zero-order valence-corrected chi connectivity index (χ0v) is 13.6. The lowest BCUT2D eigenvalue weighted by Gasteiger charge is -2.07. The number of non-ortho nitro benzene ring substituents is 1. The maximum absolute atomic E-state index is 12.2. The molecule has 0 saturated carbocycles. The van der Waals surface area contributed by atoms with Gasteiger partial charge in [-0.25, -0.2) is 0 Å². The van der Waals surface area contributed by atoms with Gasteiger partial charge < -0.3 is 5.32 Å². The molecule has 0 bridgehead atoms. The van der Waals surface area contributed by atoms with Crippen LogP contribution in [0, 0.1) is 20.6 Å². The number of nitro benzene ring substituents is 1. The van der Waals surface area contributed by atoms with Gasteiger partial charge in [0.2, 0.25) is 0 Å². The average molecular weight is 400 g/mol. The number of aromatic nitrogens is 2. The van der Waals surface area contributed by atoms with E-state index in [0.29, 0.717) is 15.7 Å². The van der Waals surface area contributed by atoms with Crippen LogP contribution in [-0.2, 0) is 13.6 Å². The van der Waals surface area contributed by atoms with Gasteiger partial charge in [-0.2, -0.15) is 5.10 Å². The largest absolute Gasteiger partial charge is 0.348 e. The summed E-state index contributed by atoms with van der Waals surface area (Å²) in [5, 5.41) is 17.6. The number of nitrogens with one attached hydrogen (secondary N) is 1. The minimum absolute atomic E-state index is 0.0990. The van der Waals surface area contributed by atoms with Crippen molar-refractivity contribution in [2.24, 2.45) is 7.05 Å². The highest BCUT2D eigenvalue weighted by Crippen LogP contribution is 2.19. The molecule has 1 heterocycles. The fraction of sp³-hybridized carbons (Fsp3) is 0.231. The number of hydrogen-bond acceptors (Lipinski definition) is 4. The Balaban J connectivity index is 2.15. The molecular formula is C13H13IN4O3. The van der Waals surface area contributed by atoms with Crippen LogP contribution in [-0.4, -0.2) is 20.6 Å². The van der Waals surface area contributed by atoms with Crippen molar-refractivity contribution in [1.82, 2.24) is 15.1 Å². The number of aryl methyl sites for hydroxylation is 1. The lowest BCUT2D eigenvalue weighted by molar-refractivity contribution is -0.384. The first-order valence-electron chi connectivity index (χ1n) is 6.09. The quantitative estimate of drug-likeness (QED) is 0.484. The fourth-order valence-electron chi connectivity index (χ4n) is 1.79. The summed E-state index contributed by atoms with van der Waals surface area (Å²) in [6.45, 7) is 2.24. The molecule has 7 nitrogen and oxygen atoms in total. The van der Waals surface area contributed by atoms with Crippen LogP contribution in [0.1, 0.15) is 21.6 Å². The molecular weight excluding hydrogens is 387 g/mol. The van der Waals surface area contributed by atoms with Crippen molar-refractivity contribution in [3.8, 4) is 0 Å². The van der Waals surface area contributed by atoms with Crippen molar-refractivity contribution in [2.75, 3.05) is 0 Å². The van der Waals surface area contributed by atoms with E-state index in [1.807, 2.05) is 36.6 Å². The lowest BCUT2D eigenvalue weighted by atomic mass is 10.2. The maximum atomic E-state index is 12.2. The summed E-state index contributed by atoms with van der Waals surface area (Å²) in [7, 11) is 1.82. The summed E-state index contributed by atoms with van der Waals surface area (Å²) in [4.78, 5) is 22.4. The van der Waals surface area contributed by atoms with E-state index in [2.05, 4.69) is 10.4 Å². The Kier molecular flexibility index (Phi) is 4.56. The van der Waals surface area contributed by atoms with Gasteiger partial charge in [-0.15, -0.1) is 0 Å². The van der Waals surface area contributed by atoms with Crippen LogP contribution in [0.3, 0.4) is 0 Å². The minimum atomic E-state index is -0.516. The van der Waals surface area contributed by atoms with Crippen LogP contribution in [0.4, 0.5) is 5.69 Å². The summed E-state index contributed by atoms with van der Waals surface area (Å²) in [6, 6.07) is 4.22. The van der Waals surface area contributed by atoms with Crippen molar-refractivity contribution < 1.29 is 9.72 Å². The summed E-state index contributed by atoms with van der Waals surface area (Å²) >= 11 is 1.98. The van der Waals surface area contributed by atoms with Crippen LogP contribution in [0.5, 0.6) is 0 Å². The molecule has 0 saturated heterocycles. The van der Waals surface area contributed by atoms with Gasteiger partial charge in [0.05, 0.1) is 16.7 Å². The van der Waals surface area contributed by atoms with Gasteiger partial charge in [-0.3, -0.25) is 19.6 Å². The Morgan fingerprint density at radius 1 is 1.52 bits per heavy atom. The third-order valence-electron chi connectivity index (χ3n) is 3.18. The highest BCUT2D eigenvalue weighted by atomic mass is 127. The zero-order chi connectivity index (χ0) is 15.6. The number of rotatable bonds is 4. The monoisotopic (exact) mass is 400 g/mol. The van der Waals surface area contributed by atoms with E-state index in [1.165, 1.54) is 12.1 Å². The SMILES string of the molecule is Cc1c(CNC(=O)c2cc([N+](=O)[O-])ccc2I)cnn1C. The molecule has 0 atom stereocenters. The molecule has 21 heavy (non-hydrogen) atoms. The number of hydrogen-bond donors (Lipinski definition) is 1. The second kappa shape index (κ2) is 6.20. The number of nitrogens with zero attached hydrogens (tertiary/aromatic N) is 3.